The predicted octanol–water partition coefficient (Wildman–Crippen LogP) is 2.61. The van der Waals surface area contributed by atoms with Gasteiger partial charge in [0.25, 0.3) is 0 Å². The van der Waals surface area contributed by atoms with Crippen LogP contribution in [0.3, 0.4) is 0 Å². The van der Waals surface area contributed by atoms with Crippen LogP contribution in [-0.2, 0) is 4.79 Å². The Labute approximate surface area is 167 Å². The smallest absolute Gasteiger partial charge is 0.235 e. The molecule has 0 amide bonds. The third kappa shape index (κ3) is 3.76. The first-order valence-electron chi connectivity index (χ1n) is 8.94. The number of fused-ring (bicyclic) bond motifs is 1. The lowest BCUT2D eigenvalue weighted by Crippen LogP contribution is -2.38. The lowest BCUT2D eigenvalue weighted by Gasteiger charge is -2.18. The van der Waals surface area contributed by atoms with Crippen LogP contribution in [0.15, 0.2) is 39.5 Å². The van der Waals surface area contributed by atoms with E-state index in [0.717, 1.165) is 5.56 Å². The molecule has 0 aliphatic heterocycles. The number of aliphatic carboxylic acids is 1. The molecule has 2 aromatic carbocycles. The first-order valence-corrected chi connectivity index (χ1v) is 8.94. The molecule has 7 nitrogen and oxygen atoms in total. The van der Waals surface area contributed by atoms with Gasteiger partial charge in [-0.2, -0.15) is 0 Å². The molecule has 0 fully saturated rings. The number of aryl methyl sites for hydroxylation is 2. The summed E-state index contributed by atoms with van der Waals surface area (Å²) in [6, 6.07) is 8.56. The summed E-state index contributed by atoms with van der Waals surface area (Å²) in [6.45, 7) is 4.97. The highest BCUT2D eigenvalue weighted by molar-refractivity contribution is 5.86. The van der Waals surface area contributed by atoms with Gasteiger partial charge in [-0.05, 0) is 56.2 Å². The molecule has 152 valence electrons. The van der Waals surface area contributed by atoms with Crippen molar-refractivity contribution in [2.24, 2.45) is 0 Å². The molecule has 1 aromatic heterocycles. The van der Waals surface area contributed by atoms with Crippen molar-refractivity contribution in [3.05, 3.63) is 51.7 Å². The van der Waals surface area contributed by atoms with Crippen LogP contribution >= 0.6 is 0 Å². The number of methoxy groups -OCH3 is 2. The third-order valence-corrected chi connectivity index (χ3v) is 4.57. The molecule has 0 saturated heterocycles. The fourth-order valence-electron chi connectivity index (χ4n) is 3.17. The number of benzene rings is 2. The number of carbonyl (C=O) groups is 1. The number of carboxylic acid groups (broad SMARTS) is 1. The normalized spacial score (nSPS) is 11.9. The van der Waals surface area contributed by atoms with Crippen molar-refractivity contribution in [3.8, 4) is 28.6 Å². The molecule has 3 rings (SSSR count). The lowest BCUT2D eigenvalue weighted by atomic mass is 10.0. The topological polar surface area (TPSA) is 98.0 Å². The molecule has 0 radical (unpaired) electrons. The maximum absolute atomic E-state index is 13.2. The van der Waals surface area contributed by atoms with Gasteiger partial charge in [-0.1, -0.05) is 6.07 Å². The average Bonchev–Trinajstić information content (AvgIpc) is 2.68. The highest BCUT2D eigenvalue weighted by Gasteiger charge is 2.22. The van der Waals surface area contributed by atoms with Crippen LogP contribution in [0.5, 0.6) is 17.2 Å². The molecule has 29 heavy (non-hydrogen) atoms. The first kappa shape index (κ1) is 20.3. The van der Waals surface area contributed by atoms with Crippen LogP contribution in [0.4, 0.5) is 0 Å². The Morgan fingerprint density at radius 1 is 1.07 bits per heavy atom. The summed E-state index contributed by atoms with van der Waals surface area (Å²) in [5.74, 6) is -0.623. The molecular weight excluding hydrogens is 376 g/mol. The zero-order valence-electron chi connectivity index (χ0n) is 16.8. The number of hydrogen-bond donors (Lipinski definition) is 0. The molecule has 0 N–H and O–H groups in total. The summed E-state index contributed by atoms with van der Waals surface area (Å²) in [6.07, 6.45) is -1.35. The molecule has 0 bridgehead atoms. The van der Waals surface area contributed by atoms with E-state index in [9.17, 15) is 14.7 Å². The Morgan fingerprint density at radius 3 is 2.38 bits per heavy atom. The largest absolute Gasteiger partial charge is 0.546 e. The molecule has 7 heteroatoms. The Bertz CT molecular complexity index is 1140. The van der Waals surface area contributed by atoms with Crippen LogP contribution in [0.1, 0.15) is 18.1 Å². The Hall–Kier alpha value is -3.48. The van der Waals surface area contributed by atoms with E-state index in [1.54, 1.807) is 31.2 Å². The van der Waals surface area contributed by atoms with Gasteiger partial charge < -0.3 is 28.5 Å². The quantitative estimate of drug-likeness (QED) is 0.630. The number of hydrogen-bond acceptors (Lipinski definition) is 7. The maximum Gasteiger partial charge on any atom is 0.235 e. The van der Waals surface area contributed by atoms with Crippen molar-refractivity contribution in [3.63, 3.8) is 0 Å². The van der Waals surface area contributed by atoms with Gasteiger partial charge in [0.15, 0.2) is 17.3 Å². The molecule has 0 aliphatic carbocycles. The molecule has 0 saturated carbocycles. The summed E-state index contributed by atoms with van der Waals surface area (Å²) in [5, 5.41) is 11.6. The number of rotatable bonds is 6. The predicted molar refractivity (Wildman–Crippen MR) is 106 cm³/mol. The number of carboxylic acids is 1. The van der Waals surface area contributed by atoms with Crippen LogP contribution < -0.4 is 24.7 Å². The van der Waals surface area contributed by atoms with E-state index in [1.807, 2.05) is 13.0 Å². The lowest BCUT2D eigenvalue weighted by molar-refractivity contribution is -0.312. The highest BCUT2D eigenvalue weighted by Crippen LogP contribution is 2.37. The minimum absolute atomic E-state index is 0.0987. The molecule has 0 aliphatic rings. The minimum atomic E-state index is -1.44. The molecule has 1 atom stereocenters. The second-order valence-corrected chi connectivity index (χ2v) is 6.69. The Kier molecular flexibility index (Phi) is 5.50. The van der Waals surface area contributed by atoms with Crippen LogP contribution in [0.25, 0.3) is 22.3 Å². The van der Waals surface area contributed by atoms with E-state index in [4.69, 9.17) is 18.6 Å². The van der Waals surface area contributed by atoms with Crippen molar-refractivity contribution >= 4 is 16.9 Å². The Balaban J connectivity index is 2.34. The second-order valence-electron chi connectivity index (χ2n) is 6.69. The van der Waals surface area contributed by atoms with Crippen molar-refractivity contribution in [1.82, 2.24) is 0 Å². The van der Waals surface area contributed by atoms with E-state index in [1.165, 1.54) is 21.1 Å². The average molecular weight is 397 g/mol. The van der Waals surface area contributed by atoms with Crippen molar-refractivity contribution in [2.75, 3.05) is 14.2 Å². The number of ether oxygens (including phenoxy) is 3. The summed E-state index contributed by atoms with van der Waals surface area (Å²) in [4.78, 5) is 24.5. The van der Waals surface area contributed by atoms with Crippen LogP contribution in [0, 0.1) is 13.8 Å². The van der Waals surface area contributed by atoms with Crippen molar-refractivity contribution in [1.29, 1.82) is 0 Å². The molecule has 3 aromatic rings. The van der Waals surface area contributed by atoms with Gasteiger partial charge in [0.1, 0.15) is 11.7 Å². The third-order valence-electron chi connectivity index (χ3n) is 4.57. The van der Waals surface area contributed by atoms with Gasteiger partial charge >= 0.3 is 0 Å². The fraction of sp³-hybridized carbons (Fsp3) is 0.273. The fourth-order valence-corrected chi connectivity index (χ4v) is 3.17. The van der Waals surface area contributed by atoms with Gasteiger partial charge in [0, 0.05) is 5.56 Å². The summed E-state index contributed by atoms with van der Waals surface area (Å²) >= 11 is 0. The molecule has 0 unspecified atom stereocenters. The molecule has 0 spiro atoms. The second kappa shape index (κ2) is 7.87. The van der Waals surface area contributed by atoms with Crippen molar-refractivity contribution < 1.29 is 28.5 Å². The summed E-state index contributed by atoms with van der Waals surface area (Å²) in [7, 11) is 3.00. The van der Waals surface area contributed by atoms with Gasteiger partial charge in [-0.15, -0.1) is 0 Å². The standard InChI is InChI=1S/C22H22O7/c1-11-8-12(2)18-17(9-11)29-20(21(19(18)23)28-13(3)22(24)25)14-6-7-15(26-4)16(10-14)27-5/h6-10,13H,1-5H3,(H,24,25)/p-1/t13-/m1/s1. The number of carbonyl (C=O) groups excluding carboxylic acids is 1. The van der Waals surface area contributed by atoms with E-state index in [2.05, 4.69) is 0 Å². The zero-order chi connectivity index (χ0) is 21.3. The van der Waals surface area contributed by atoms with Crippen LogP contribution in [-0.4, -0.2) is 26.3 Å². The van der Waals surface area contributed by atoms with E-state index < -0.39 is 17.5 Å². The van der Waals surface area contributed by atoms with Gasteiger partial charge in [-0.3, -0.25) is 4.79 Å². The summed E-state index contributed by atoms with van der Waals surface area (Å²) < 4.78 is 22.1. The van der Waals surface area contributed by atoms with E-state index in [-0.39, 0.29) is 11.5 Å². The Morgan fingerprint density at radius 2 is 1.76 bits per heavy atom. The monoisotopic (exact) mass is 397 g/mol. The van der Waals surface area contributed by atoms with Gasteiger partial charge in [-0.25, -0.2) is 0 Å². The van der Waals surface area contributed by atoms with E-state index in [0.29, 0.717) is 33.6 Å². The van der Waals surface area contributed by atoms with Crippen molar-refractivity contribution in [2.45, 2.75) is 26.9 Å². The van der Waals surface area contributed by atoms with E-state index >= 15 is 0 Å². The summed E-state index contributed by atoms with van der Waals surface area (Å²) in [5.41, 5.74) is 2.03. The van der Waals surface area contributed by atoms with Gasteiger partial charge in [0.2, 0.25) is 11.2 Å². The highest BCUT2D eigenvalue weighted by atomic mass is 16.5. The SMILES string of the molecule is COc1ccc(-c2oc3cc(C)cc(C)c3c(=O)c2O[C@H](C)C(=O)[O-])cc1OC. The molecule has 1 heterocycles. The minimum Gasteiger partial charge on any atom is -0.546 e. The van der Waals surface area contributed by atoms with Gasteiger partial charge in [0.05, 0.1) is 25.6 Å². The maximum atomic E-state index is 13.2. The van der Waals surface area contributed by atoms with Crippen LogP contribution in [0.2, 0.25) is 0 Å². The molecular formula is C22H21O7-. The first-order chi connectivity index (χ1) is 13.8. The zero-order valence-corrected chi connectivity index (χ0v) is 16.8.